The zero-order chi connectivity index (χ0) is 17.7. The summed E-state index contributed by atoms with van der Waals surface area (Å²) < 4.78 is 0. The number of aliphatic imine (C=N–C) groups is 1. The lowest BCUT2D eigenvalue weighted by molar-refractivity contribution is 0.133. The molecule has 134 valence electrons. The summed E-state index contributed by atoms with van der Waals surface area (Å²) in [5.41, 5.74) is 3.00. The van der Waals surface area contributed by atoms with Crippen LogP contribution in [-0.4, -0.2) is 23.8 Å². The van der Waals surface area contributed by atoms with E-state index in [9.17, 15) is 5.26 Å². The molecule has 0 amide bonds. The fraction of sp³-hybridized carbons (Fsp3) is 0.714. The Hall–Kier alpha value is -1.34. The quantitative estimate of drug-likeness (QED) is 0.402. The number of fused-ring (bicyclic) bond motifs is 3. The molecule has 1 saturated carbocycles. The van der Waals surface area contributed by atoms with Gasteiger partial charge < -0.3 is 4.90 Å². The van der Waals surface area contributed by atoms with E-state index in [1.807, 2.05) is 0 Å². The van der Waals surface area contributed by atoms with Crippen LogP contribution < -0.4 is 0 Å². The van der Waals surface area contributed by atoms with Gasteiger partial charge in [-0.25, -0.2) is 4.99 Å². The van der Waals surface area contributed by atoms with Gasteiger partial charge in [0.2, 0.25) is 0 Å². The van der Waals surface area contributed by atoms with E-state index in [1.165, 1.54) is 49.0 Å². The van der Waals surface area contributed by atoms with Crippen LogP contribution in [0.2, 0.25) is 0 Å². The fourth-order valence-corrected chi connectivity index (χ4v) is 6.88. The van der Waals surface area contributed by atoms with Crippen LogP contribution in [0, 0.1) is 22.2 Å². The molecule has 2 bridgehead atoms. The van der Waals surface area contributed by atoms with Crippen LogP contribution in [0.4, 0.5) is 5.00 Å². The summed E-state index contributed by atoms with van der Waals surface area (Å²) >= 11 is 1.76. The van der Waals surface area contributed by atoms with Gasteiger partial charge in [0.25, 0.3) is 0 Å². The molecule has 1 aliphatic heterocycles. The third-order valence-corrected chi connectivity index (χ3v) is 7.49. The molecule has 2 fully saturated rings. The molecular formula is C21H29N3S. The molecule has 3 nitrogen and oxygen atoms in total. The lowest BCUT2D eigenvalue weighted by atomic mass is 9.65. The second-order valence-corrected chi connectivity index (χ2v) is 10.6. The van der Waals surface area contributed by atoms with Crippen LogP contribution in [0.5, 0.6) is 0 Å². The number of rotatable bonds is 2. The van der Waals surface area contributed by atoms with Crippen molar-refractivity contribution in [3.05, 3.63) is 16.0 Å². The van der Waals surface area contributed by atoms with E-state index in [0.29, 0.717) is 16.9 Å². The normalized spacial score (nSPS) is 31.0. The summed E-state index contributed by atoms with van der Waals surface area (Å²) in [4.78, 5) is 8.70. The van der Waals surface area contributed by atoms with Crippen LogP contribution in [0.15, 0.2) is 4.99 Å². The lowest BCUT2D eigenvalue weighted by Crippen LogP contribution is -2.34. The highest BCUT2D eigenvalue weighted by atomic mass is 32.1. The van der Waals surface area contributed by atoms with Gasteiger partial charge in [0.1, 0.15) is 11.1 Å². The number of thiophene rings is 1. The number of nitrogens with zero attached hydrogens (tertiary/aromatic N) is 3. The zero-order valence-corrected chi connectivity index (χ0v) is 16.6. The molecule has 0 N–H and O–H groups in total. The molecular weight excluding hydrogens is 326 g/mol. The van der Waals surface area contributed by atoms with Gasteiger partial charge in [0, 0.05) is 17.5 Å². The number of hydrogen-bond acceptors (Lipinski definition) is 3. The molecule has 4 heteroatoms. The predicted molar refractivity (Wildman–Crippen MR) is 105 cm³/mol. The van der Waals surface area contributed by atoms with Crippen molar-refractivity contribution < 1.29 is 0 Å². The summed E-state index contributed by atoms with van der Waals surface area (Å²) in [6, 6.07) is 3.06. The molecule has 2 aliphatic carbocycles. The van der Waals surface area contributed by atoms with Crippen molar-refractivity contribution in [3.63, 3.8) is 0 Å². The van der Waals surface area contributed by atoms with Gasteiger partial charge in [-0.15, -0.1) is 11.3 Å². The number of hydrogen-bond donors (Lipinski definition) is 0. The Morgan fingerprint density at radius 3 is 2.80 bits per heavy atom. The van der Waals surface area contributed by atoms with Crippen molar-refractivity contribution in [2.24, 2.45) is 15.8 Å². The predicted octanol–water partition coefficient (Wildman–Crippen LogP) is 5.45. The van der Waals surface area contributed by atoms with Crippen LogP contribution in [-0.2, 0) is 12.8 Å². The Kier molecular flexibility index (Phi) is 4.19. The molecule has 1 aromatic heterocycles. The Morgan fingerprint density at radius 2 is 2.00 bits per heavy atom. The van der Waals surface area contributed by atoms with Crippen molar-refractivity contribution in [3.8, 4) is 6.07 Å². The summed E-state index contributed by atoms with van der Waals surface area (Å²) in [5.74, 6) is 0. The first-order valence-electron chi connectivity index (χ1n) is 9.74. The van der Waals surface area contributed by atoms with Crippen molar-refractivity contribution >= 4 is 22.7 Å². The Bertz CT molecular complexity index is 739. The molecule has 25 heavy (non-hydrogen) atoms. The maximum absolute atomic E-state index is 9.68. The summed E-state index contributed by atoms with van der Waals surface area (Å²) in [6.07, 6.45) is 11.8. The van der Waals surface area contributed by atoms with Gasteiger partial charge in [-0.3, -0.25) is 0 Å². The molecule has 0 aromatic carbocycles. The van der Waals surface area contributed by atoms with Crippen molar-refractivity contribution in [2.45, 2.75) is 78.2 Å². The number of likely N-dealkylation sites (tertiary alicyclic amines) is 1. The first kappa shape index (κ1) is 17.1. The molecule has 4 rings (SSSR count). The lowest BCUT2D eigenvalue weighted by Gasteiger charge is -2.39. The van der Waals surface area contributed by atoms with E-state index in [0.717, 1.165) is 30.0 Å². The molecule has 3 aliphatic rings. The topological polar surface area (TPSA) is 39.4 Å². The second kappa shape index (κ2) is 6.13. The second-order valence-electron chi connectivity index (χ2n) is 9.49. The SMILES string of the molecule is CC1(C)C[C@H]2C[C@](C)(CN2C=Nc2sc3c(c2C#N)CCCCC3)C1. The Labute approximate surface area is 155 Å². The standard InChI is InChI=1S/C21H29N3S/c1-20(2)9-15-10-21(3,12-20)13-24(15)14-23-19-17(11-22)16-7-5-4-6-8-18(16)25-19/h14-15H,4-10,12-13H2,1-3H3/t15-,21-/m0/s1. The number of aryl methyl sites for hydroxylation is 1. The number of nitriles is 1. The fourth-order valence-electron chi connectivity index (χ4n) is 5.70. The van der Waals surface area contributed by atoms with E-state index < -0.39 is 0 Å². The average molecular weight is 356 g/mol. The molecule has 0 radical (unpaired) electrons. The van der Waals surface area contributed by atoms with Crippen LogP contribution in [0.3, 0.4) is 0 Å². The van der Waals surface area contributed by atoms with Crippen molar-refractivity contribution in [1.29, 1.82) is 5.26 Å². The maximum atomic E-state index is 9.68. The van der Waals surface area contributed by atoms with Gasteiger partial charge in [0.05, 0.1) is 11.9 Å². The van der Waals surface area contributed by atoms with E-state index in [-0.39, 0.29) is 0 Å². The zero-order valence-electron chi connectivity index (χ0n) is 15.8. The van der Waals surface area contributed by atoms with Crippen LogP contribution in [0.25, 0.3) is 0 Å². The van der Waals surface area contributed by atoms with Gasteiger partial charge in [0.15, 0.2) is 0 Å². The minimum absolute atomic E-state index is 0.420. The van der Waals surface area contributed by atoms with Gasteiger partial charge in [-0.1, -0.05) is 27.2 Å². The van der Waals surface area contributed by atoms with Gasteiger partial charge in [-0.2, -0.15) is 5.26 Å². The molecule has 2 atom stereocenters. The molecule has 0 spiro atoms. The molecule has 1 aromatic rings. The van der Waals surface area contributed by atoms with E-state index in [4.69, 9.17) is 4.99 Å². The molecule has 1 saturated heterocycles. The summed E-state index contributed by atoms with van der Waals surface area (Å²) in [6.45, 7) is 8.35. The third kappa shape index (κ3) is 3.24. The van der Waals surface area contributed by atoms with Crippen molar-refractivity contribution in [1.82, 2.24) is 4.90 Å². The highest BCUT2D eigenvalue weighted by Gasteiger charge is 2.48. The average Bonchev–Trinajstić information content (AvgIpc) is 2.86. The molecule has 0 unspecified atom stereocenters. The smallest absolute Gasteiger partial charge is 0.136 e. The first-order valence-corrected chi connectivity index (χ1v) is 10.6. The van der Waals surface area contributed by atoms with Gasteiger partial charge in [-0.05, 0) is 61.3 Å². The first-order chi connectivity index (χ1) is 11.9. The Morgan fingerprint density at radius 1 is 1.20 bits per heavy atom. The van der Waals surface area contributed by atoms with Crippen molar-refractivity contribution in [2.75, 3.05) is 6.54 Å². The van der Waals surface area contributed by atoms with E-state index in [2.05, 4.69) is 38.1 Å². The van der Waals surface area contributed by atoms with Crippen LogP contribution >= 0.6 is 11.3 Å². The van der Waals surface area contributed by atoms with Crippen LogP contribution in [0.1, 0.15) is 75.3 Å². The Balaban J connectivity index is 1.58. The third-order valence-electron chi connectivity index (χ3n) is 6.29. The highest BCUT2D eigenvalue weighted by molar-refractivity contribution is 7.16. The maximum Gasteiger partial charge on any atom is 0.136 e. The van der Waals surface area contributed by atoms with E-state index in [1.54, 1.807) is 11.3 Å². The van der Waals surface area contributed by atoms with E-state index >= 15 is 0 Å². The minimum atomic E-state index is 0.420. The summed E-state index contributed by atoms with van der Waals surface area (Å²) in [5, 5.41) is 10.6. The molecule has 2 heterocycles. The monoisotopic (exact) mass is 355 g/mol. The minimum Gasteiger partial charge on any atom is -0.359 e. The largest absolute Gasteiger partial charge is 0.359 e. The summed E-state index contributed by atoms with van der Waals surface area (Å²) in [7, 11) is 0. The van der Waals surface area contributed by atoms with Gasteiger partial charge >= 0.3 is 0 Å². The highest BCUT2D eigenvalue weighted by Crippen LogP contribution is 2.52.